The van der Waals surface area contributed by atoms with Crippen LogP contribution in [0.25, 0.3) is 0 Å². The summed E-state index contributed by atoms with van der Waals surface area (Å²) in [5.41, 5.74) is 2.28. The zero-order chi connectivity index (χ0) is 17.9. The minimum absolute atomic E-state index is 0.177. The highest BCUT2D eigenvalue weighted by molar-refractivity contribution is 6.70. The van der Waals surface area contributed by atoms with Gasteiger partial charge in [-0.1, -0.05) is 23.7 Å². The normalized spacial score (nSPS) is 17.5. The Balaban J connectivity index is 1.67. The van der Waals surface area contributed by atoms with Crippen molar-refractivity contribution in [1.82, 2.24) is 0 Å². The van der Waals surface area contributed by atoms with Crippen LogP contribution in [0.1, 0.15) is 17.5 Å². The van der Waals surface area contributed by atoms with Gasteiger partial charge in [-0.2, -0.15) is 0 Å². The molecular weight excluding hydrogens is 352 g/mol. The number of rotatable bonds is 6. The highest BCUT2D eigenvalue weighted by atomic mass is 35.5. The second-order valence-electron chi connectivity index (χ2n) is 7.39. The van der Waals surface area contributed by atoms with E-state index >= 15 is 0 Å². The molecule has 1 aliphatic heterocycles. The summed E-state index contributed by atoms with van der Waals surface area (Å²) in [7, 11) is -1.63. The molecule has 3 nitrogen and oxygen atoms in total. The van der Waals surface area contributed by atoms with Gasteiger partial charge in [-0.05, 0) is 67.5 Å². The molecule has 0 saturated carbocycles. The quantitative estimate of drug-likeness (QED) is 0.639. The molecule has 0 amide bonds. The van der Waals surface area contributed by atoms with Crippen molar-refractivity contribution in [1.29, 1.82) is 0 Å². The molecule has 3 rings (SSSR count). The number of ether oxygens (including phenoxy) is 2. The molecule has 1 aliphatic rings. The lowest BCUT2D eigenvalue weighted by molar-refractivity contribution is 0.141. The predicted molar refractivity (Wildman–Crippen MR) is 105 cm³/mol. The largest absolute Gasteiger partial charge is 0.544 e. The zero-order valence-electron chi connectivity index (χ0n) is 15.0. The Labute approximate surface area is 156 Å². The van der Waals surface area contributed by atoms with Crippen molar-refractivity contribution < 1.29 is 13.9 Å². The van der Waals surface area contributed by atoms with E-state index in [1.807, 2.05) is 24.3 Å². The summed E-state index contributed by atoms with van der Waals surface area (Å²) in [6, 6.07) is 14.1. The summed E-state index contributed by atoms with van der Waals surface area (Å²) in [4.78, 5) is 0. The molecule has 1 saturated heterocycles. The molecule has 2 aromatic rings. The average Bonchev–Trinajstić information content (AvgIpc) is 3.04. The van der Waals surface area contributed by atoms with Crippen molar-refractivity contribution in [3.63, 3.8) is 0 Å². The maximum Gasteiger partial charge on any atom is 0.242 e. The van der Waals surface area contributed by atoms with Gasteiger partial charge in [0.25, 0.3) is 0 Å². The van der Waals surface area contributed by atoms with Gasteiger partial charge in [0.1, 0.15) is 17.6 Å². The van der Waals surface area contributed by atoms with Gasteiger partial charge < -0.3 is 13.9 Å². The standard InChI is InChI=1S/C20H25ClO3Si/c1-25(2,3)24-18-8-9-20(21)16(13-18)12-15-4-6-17(7-5-15)23-19-10-11-22-14-19/h4-9,13,19H,10-12,14H2,1-3H3/t19-/m0/s1. The van der Waals surface area contributed by atoms with Crippen LogP contribution < -0.4 is 9.16 Å². The minimum Gasteiger partial charge on any atom is -0.544 e. The summed E-state index contributed by atoms with van der Waals surface area (Å²) in [6.45, 7) is 8.00. The first-order valence-electron chi connectivity index (χ1n) is 8.70. The summed E-state index contributed by atoms with van der Waals surface area (Å²) >= 11 is 6.38. The Kier molecular flexibility index (Phi) is 5.72. The third kappa shape index (κ3) is 5.49. The number of hydrogen-bond acceptors (Lipinski definition) is 3. The van der Waals surface area contributed by atoms with Gasteiger partial charge in [0.15, 0.2) is 0 Å². The molecule has 134 valence electrons. The summed E-state index contributed by atoms with van der Waals surface area (Å²) < 4.78 is 17.3. The minimum atomic E-state index is -1.63. The third-order valence-corrected chi connectivity index (χ3v) is 5.17. The molecule has 2 aromatic carbocycles. The van der Waals surface area contributed by atoms with E-state index < -0.39 is 8.32 Å². The van der Waals surface area contributed by atoms with Gasteiger partial charge >= 0.3 is 0 Å². The van der Waals surface area contributed by atoms with Gasteiger partial charge in [-0.25, -0.2) is 0 Å². The maximum absolute atomic E-state index is 6.38. The fourth-order valence-electron chi connectivity index (χ4n) is 2.81. The smallest absolute Gasteiger partial charge is 0.242 e. The lowest BCUT2D eigenvalue weighted by Gasteiger charge is -2.20. The van der Waals surface area contributed by atoms with E-state index in [0.717, 1.165) is 41.5 Å². The molecule has 1 atom stereocenters. The second-order valence-corrected chi connectivity index (χ2v) is 12.2. The van der Waals surface area contributed by atoms with Gasteiger partial charge in [-0.3, -0.25) is 0 Å². The number of halogens is 1. The molecule has 1 fully saturated rings. The van der Waals surface area contributed by atoms with Gasteiger partial charge in [0, 0.05) is 11.4 Å². The Morgan fingerprint density at radius 2 is 1.80 bits per heavy atom. The molecule has 0 N–H and O–H groups in total. The molecule has 0 aliphatic carbocycles. The fourth-order valence-corrected chi connectivity index (χ4v) is 3.83. The summed E-state index contributed by atoms with van der Waals surface area (Å²) in [6.07, 6.45) is 1.91. The van der Waals surface area contributed by atoms with E-state index in [1.165, 1.54) is 5.56 Å². The topological polar surface area (TPSA) is 27.7 Å². The highest BCUT2D eigenvalue weighted by Crippen LogP contribution is 2.27. The van der Waals surface area contributed by atoms with E-state index in [9.17, 15) is 0 Å². The van der Waals surface area contributed by atoms with Crippen LogP contribution in [0, 0.1) is 0 Å². The molecule has 1 heterocycles. The highest BCUT2D eigenvalue weighted by Gasteiger charge is 2.18. The van der Waals surface area contributed by atoms with Crippen molar-refractivity contribution in [2.24, 2.45) is 0 Å². The van der Waals surface area contributed by atoms with Crippen molar-refractivity contribution in [3.05, 3.63) is 58.6 Å². The fraction of sp³-hybridized carbons (Fsp3) is 0.400. The molecule has 0 spiro atoms. The molecule has 0 radical (unpaired) electrons. The SMILES string of the molecule is C[Si](C)(C)Oc1ccc(Cl)c(Cc2ccc(O[C@H]3CCOC3)cc2)c1. The van der Waals surface area contributed by atoms with Crippen molar-refractivity contribution in [2.75, 3.05) is 13.2 Å². The maximum atomic E-state index is 6.38. The summed E-state index contributed by atoms with van der Waals surface area (Å²) in [5.74, 6) is 1.79. The first-order valence-corrected chi connectivity index (χ1v) is 12.5. The van der Waals surface area contributed by atoms with E-state index in [-0.39, 0.29) is 6.10 Å². The Morgan fingerprint density at radius 3 is 2.44 bits per heavy atom. The van der Waals surface area contributed by atoms with Crippen LogP contribution in [0.4, 0.5) is 0 Å². The zero-order valence-corrected chi connectivity index (χ0v) is 16.8. The molecule has 0 unspecified atom stereocenters. The molecule has 5 heteroatoms. The van der Waals surface area contributed by atoms with Crippen LogP contribution in [0.3, 0.4) is 0 Å². The lowest BCUT2D eigenvalue weighted by atomic mass is 10.0. The van der Waals surface area contributed by atoms with Gasteiger partial charge in [0.2, 0.25) is 8.32 Å². The van der Waals surface area contributed by atoms with Crippen LogP contribution in [0.15, 0.2) is 42.5 Å². The average molecular weight is 377 g/mol. The second kappa shape index (κ2) is 7.81. The van der Waals surface area contributed by atoms with E-state index in [2.05, 4.69) is 37.8 Å². The van der Waals surface area contributed by atoms with Crippen LogP contribution in [0.5, 0.6) is 11.5 Å². The molecule has 0 aromatic heterocycles. The molecule has 25 heavy (non-hydrogen) atoms. The third-order valence-electron chi connectivity index (χ3n) is 3.95. The first kappa shape index (κ1) is 18.3. The van der Waals surface area contributed by atoms with Crippen molar-refractivity contribution in [2.45, 2.75) is 38.6 Å². The number of benzene rings is 2. The van der Waals surface area contributed by atoms with Crippen LogP contribution in [-0.2, 0) is 11.2 Å². The predicted octanol–water partition coefficient (Wildman–Crippen LogP) is 5.31. The van der Waals surface area contributed by atoms with Crippen LogP contribution in [-0.4, -0.2) is 27.6 Å². The summed E-state index contributed by atoms with van der Waals surface area (Å²) in [5, 5.41) is 0.770. The van der Waals surface area contributed by atoms with Crippen LogP contribution >= 0.6 is 11.6 Å². The van der Waals surface area contributed by atoms with Crippen LogP contribution in [0.2, 0.25) is 24.7 Å². The Morgan fingerprint density at radius 1 is 1.08 bits per heavy atom. The van der Waals surface area contributed by atoms with Gasteiger partial charge in [0.05, 0.1) is 13.2 Å². The first-order chi connectivity index (χ1) is 11.9. The van der Waals surface area contributed by atoms with Gasteiger partial charge in [-0.15, -0.1) is 0 Å². The van der Waals surface area contributed by atoms with Crippen molar-refractivity contribution >= 4 is 19.9 Å². The molecular formula is C20H25ClO3Si. The molecule has 0 bridgehead atoms. The number of hydrogen-bond donors (Lipinski definition) is 0. The van der Waals surface area contributed by atoms with E-state index in [0.29, 0.717) is 6.61 Å². The van der Waals surface area contributed by atoms with E-state index in [1.54, 1.807) is 0 Å². The van der Waals surface area contributed by atoms with Crippen molar-refractivity contribution in [3.8, 4) is 11.5 Å². The Hall–Kier alpha value is -1.49. The Bertz CT molecular complexity index is 704. The monoisotopic (exact) mass is 376 g/mol. The van der Waals surface area contributed by atoms with E-state index in [4.69, 9.17) is 25.5 Å². The lowest BCUT2D eigenvalue weighted by Crippen LogP contribution is -2.29.